The molecule has 1 amide bonds. The number of carbonyl (C=O) groups excluding carboxylic acids is 1. The van der Waals surface area contributed by atoms with Crippen molar-refractivity contribution in [3.8, 4) is 0 Å². The maximum atomic E-state index is 12.6. The zero-order valence-corrected chi connectivity index (χ0v) is 9.79. The minimum absolute atomic E-state index is 0.0537. The fourth-order valence-corrected chi connectivity index (χ4v) is 1.32. The molecule has 0 saturated carbocycles. The molecule has 1 aromatic rings. The molecule has 3 heteroatoms. The molecular weight excluding hydrogens is 205 g/mol. The van der Waals surface area contributed by atoms with Crippen molar-refractivity contribution in [3.05, 3.63) is 35.6 Å². The average Bonchev–Trinajstić information content (AvgIpc) is 2.25. The van der Waals surface area contributed by atoms with E-state index in [1.54, 1.807) is 12.1 Å². The van der Waals surface area contributed by atoms with Crippen LogP contribution in [-0.4, -0.2) is 12.5 Å². The maximum absolute atomic E-state index is 12.6. The van der Waals surface area contributed by atoms with Gasteiger partial charge in [-0.15, -0.1) is 0 Å². The molecule has 0 aliphatic rings. The number of amides is 1. The van der Waals surface area contributed by atoms with Crippen LogP contribution in [0.1, 0.15) is 25.8 Å². The number of halogens is 1. The first-order valence-electron chi connectivity index (χ1n) is 5.59. The second-order valence-electron chi connectivity index (χ2n) is 4.32. The van der Waals surface area contributed by atoms with E-state index in [4.69, 9.17) is 0 Å². The number of benzene rings is 1. The van der Waals surface area contributed by atoms with Crippen LogP contribution < -0.4 is 5.32 Å². The van der Waals surface area contributed by atoms with E-state index in [9.17, 15) is 9.18 Å². The quantitative estimate of drug-likeness (QED) is 0.816. The third-order valence-electron chi connectivity index (χ3n) is 2.26. The van der Waals surface area contributed by atoms with Crippen molar-refractivity contribution in [2.75, 3.05) is 6.54 Å². The Hall–Kier alpha value is -1.38. The van der Waals surface area contributed by atoms with E-state index < -0.39 is 0 Å². The van der Waals surface area contributed by atoms with Gasteiger partial charge in [-0.05, 0) is 30.0 Å². The van der Waals surface area contributed by atoms with E-state index in [0.29, 0.717) is 25.3 Å². The van der Waals surface area contributed by atoms with Crippen LogP contribution in [0.25, 0.3) is 0 Å². The molecule has 0 bridgehead atoms. The SMILES string of the molecule is CC(C)CNC(=O)CCc1ccc(F)cc1. The summed E-state index contributed by atoms with van der Waals surface area (Å²) < 4.78 is 12.6. The van der Waals surface area contributed by atoms with Crippen molar-refractivity contribution in [2.45, 2.75) is 26.7 Å². The lowest BCUT2D eigenvalue weighted by Gasteiger charge is -2.07. The summed E-state index contributed by atoms with van der Waals surface area (Å²) in [4.78, 5) is 11.4. The van der Waals surface area contributed by atoms with Crippen molar-refractivity contribution < 1.29 is 9.18 Å². The van der Waals surface area contributed by atoms with Crippen molar-refractivity contribution in [2.24, 2.45) is 5.92 Å². The van der Waals surface area contributed by atoms with Crippen molar-refractivity contribution in [3.63, 3.8) is 0 Å². The second-order valence-corrected chi connectivity index (χ2v) is 4.32. The fraction of sp³-hybridized carbons (Fsp3) is 0.462. The Kier molecular flexibility index (Phi) is 4.96. The predicted molar refractivity (Wildman–Crippen MR) is 62.6 cm³/mol. The van der Waals surface area contributed by atoms with E-state index in [-0.39, 0.29) is 11.7 Å². The number of hydrogen-bond donors (Lipinski definition) is 1. The van der Waals surface area contributed by atoms with E-state index in [2.05, 4.69) is 19.2 Å². The van der Waals surface area contributed by atoms with Gasteiger partial charge in [-0.1, -0.05) is 26.0 Å². The van der Waals surface area contributed by atoms with Crippen LogP contribution in [0, 0.1) is 11.7 Å². The summed E-state index contributed by atoms with van der Waals surface area (Å²) >= 11 is 0. The van der Waals surface area contributed by atoms with Crippen molar-refractivity contribution >= 4 is 5.91 Å². The third kappa shape index (κ3) is 4.91. The molecule has 0 unspecified atom stereocenters. The van der Waals surface area contributed by atoms with Gasteiger partial charge < -0.3 is 5.32 Å². The Labute approximate surface area is 95.9 Å². The van der Waals surface area contributed by atoms with E-state index >= 15 is 0 Å². The molecule has 1 rings (SSSR count). The minimum atomic E-state index is -0.243. The molecule has 0 spiro atoms. The van der Waals surface area contributed by atoms with Crippen molar-refractivity contribution in [1.82, 2.24) is 5.32 Å². The normalized spacial score (nSPS) is 10.5. The average molecular weight is 223 g/mol. The second kappa shape index (κ2) is 6.26. The maximum Gasteiger partial charge on any atom is 0.220 e. The predicted octanol–water partition coefficient (Wildman–Crippen LogP) is 2.53. The van der Waals surface area contributed by atoms with Gasteiger partial charge in [0, 0.05) is 13.0 Å². The van der Waals surface area contributed by atoms with Gasteiger partial charge in [0.25, 0.3) is 0 Å². The number of hydrogen-bond acceptors (Lipinski definition) is 1. The topological polar surface area (TPSA) is 29.1 Å². The molecule has 0 radical (unpaired) electrons. The molecular formula is C13H18FNO. The van der Waals surface area contributed by atoms with Crippen LogP contribution in [0.2, 0.25) is 0 Å². The van der Waals surface area contributed by atoms with Gasteiger partial charge in [0.05, 0.1) is 0 Å². The molecule has 0 atom stereocenters. The van der Waals surface area contributed by atoms with E-state index in [0.717, 1.165) is 5.56 Å². The van der Waals surface area contributed by atoms with Crippen LogP contribution in [0.5, 0.6) is 0 Å². The largest absolute Gasteiger partial charge is 0.356 e. The highest BCUT2D eigenvalue weighted by atomic mass is 19.1. The summed E-state index contributed by atoms with van der Waals surface area (Å²) in [5.74, 6) is 0.279. The van der Waals surface area contributed by atoms with Gasteiger partial charge in [0.2, 0.25) is 5.91 Å². The fourth-order valence-electron chi connectivity index (χ4n) is 1.32. The molecule has 0 saturated heterocycles. The van der Waals surface area contributed by atoms with Gasteiger partial charge in [-0.3, -0.25) is 4.79 Å². The summed E-state index contributed by atoms with van der Waals surface area (Å²) in [6.45, 7) is 4.82. The Morgan fingerprint density at radius 3 is 2.50 bits per heavy atom. The molecule has 1 N–H and O–H groups in total. The first-order chi connectivity index (χ1) is 7.58. The van der Waals surface area contributed by atoms with Crippen molar-refractivity contribution in [1.29, 1.82) is 0 Å². The zero-order chi connectivity index (χ0) is 12.0. The molecule has 2 nitrogen and oxygen atoms in total. The summed E-state index contributed by atoms with van der Waals surface area (Å²) in [6.07, 6.45) is 1.11. The Bertz CT molecular complexity index is 332. The lowest BCUT2D eigenvalue weighted by atomic mass is 10.1. The molecule has 0 aliphatic heterocycles. The summed E-state index contributed by atoms with van der Waals surface area (Å²) in [6, 6.07) is 6.26. The van der Waals surface area contributed by atoms with E-state index in [1.807, 2.05) is 0 Å². The highest BCUT2D eigenvalue weighted by Crippen LogP contribution is 2.05. The lowest BCUT2D eigenvalue weighted by molar-refractivity contribution is -0.121. The summed E-state index contributed by atoms with van der Waals surface area (Å²) in [5, 5.41) is 2.85. The third-order valence-corrected chi connectivity index (χ3v) is 2.26. The lowest BCUT2D eigenvalue weighted by Crippen LogP contribution is -2.27. The molecule has 0 fully saturated rings. The molecule has 0 heterocycles. The van der Waals surface area contributed by atoms with Gasteiger partial charge >= 0.3 is 0 Å². The van der Waals surface area contributed by atoms with Crippen LogP contribution in [0.3, 0.4) is 0 Å². The highest BCUT2D eigenvalue weighted by molar-refractivity contribution is 5.76. The number of nitrogens with one attached hydrogen (secondary N) is 1. The first-order valence-corrected chi connectivity index (χ1v) is 5.59. The van der Waals surface area contributed by atoms with Crippen LogP contribution >= 0.6 is 0 Å². The zero-order valence-electron chi connectivity index (χ0n) is 9.79. The van der Waals surface area contributed by atoms with Gasteiger partial charge in [-0.25, -0.2) is 4.39 Å². The Morgan fingerprint density at radius 1 is 1.31 bits per heavy atom. The summed E-state index contributed by atoms with van der Waals surface area (Å²) in [5.41, 5.74) is 0.987. The van der Waals surface area contributed by atoms with E-state index in [1.165, 1.54) is 12.1 Å². The number of carbonyl (C=O) groups is 1. The Morgan fingerprint density at radius 2 is 1.94 bits per heavy atom. The smallest absolute Gasteiger partial charge is 0.220 e. The first kappa shape index (κ1) is 12.7. The van der Waals surface area contributed by atoms with Gasteiger partial charge in [0.1, 0.15) is 5.82 Å². The Balaban J connectivity index is 2.29. The minimum Gasteiger partial charge on any atom is -0.356 e. The standard InChI is InChI=1S/C13H18FNO/c1-10(2)9-15-13(16)8-5-11-3-6-12(14)7-4-11/h3-4,6-7,10H,5,8-9H2,1-2H3,(H,15,16). The summed E-state index contributed by atoms with van der Waals surface area (Å²) in [7, 11) is 0. The van der Waals surface area contributed by atoms with Crippen LogP contribution in [0.15, 0.2) is 24.3 Å². The number of aryl methyl sites for hydroxylation is 1. The molecule has 1 aromatic carbocycles. The molecule has 16 heavy (non-hydrogen) atoms. The van der Waals surface area contributed by atoms with Gasteiger partial charge in [-0.2, -0.15) is 0 Å². The molecule has 0 aromatic heterocycles. The highest BCUT2D eigenvalue weighted by Gasteiger charge is 2.03. The molecule has 0 aliphatic carbocycles. The number of rotatable bonds is 5. The molecule has 88 valence electrons. The van der Waals surface area contributed by atoms with Crippen LogP contribution in [0.4, 0.5) is 4.39 Å². The monoisotopic (exact) mass is 223 g/mol. The van der Waals surface area contributed by atoms with Gasteiger partial charge in [0.15, 0.2) is 0 Å². The van der Waals surface area contributed by atoms with Crippen LogP contribution in [-0.2, 0) is 11.2 Å².